The minimum absolute atomic E-state index is 0.833. The van der Waals surface area contributed by atoms with Gasteiger partial charge < -0.3 is 20.8 Å². The molecule has 6 heteroatoms. The number of carbonyl (C=O) groups is 2. The second-order valence-electron chi connectivity index (χ2n) is 3.66. The van der Waals surface area contributed by atoms with E-state index in [1.165, 1.54) is 0 Å². The Bertz CT molecular complexity index is 325. The zero-order valence-corrected chi connectivity index (χ0v) is 14.3. The molecule has 5 N–H and O–H groups in total. The Kier molecular flexibility index (Phi) is 39.5. The summed E-state index contributed by atoms with van der Waals surface area (Å²) >= 11 is 0. The summed E-state index contributed by atoms with van der Waals surface area (Å²) in [5.74, 6) is -1.96. The topological polar surface area (TPSA) is 103 Å². The third kappa shape index (κ3) is 74.7. The van der Waals surface area contributed by atoms with Gasteiger partial charge in [-0.05, 0) is 12.2 Å². The molecule has 0 unspecified atom stereocenters. The van der Waals surface area contributed by atoms with Crippen molar-refractivity contribution in [3.05, 3.63) is 75.9 Å². The number of quaternary nitrogens is 1. The molecule has 0 atom stereocenters. The second kappa shape index (κ2) is 32.3. The molecule has 0 aliphatic heterocycles. The molecule has 0 rings (SSSR count). The van der Waals surface area contributed by atoms with Gasteiger partial charge >= 0.3 is 11.9 Å². The van der Waals surface area contributed by atoms with E-state index < -0.39 is 11.9 Å². The van der Waals surface area contributed by atoms with Crippen LogP contribution >= 0.6 is 0 Å². The van der Waals surface area contributed by atoms with Gasteiger partial charge in [-0.1, -0.05) is 38.5 Å². The highest BCUT2D eigenvalue weighted by atomic mass is 16.4. The van der Waals surface area contributed by atoms with Crippen LogP contribution < -0.4 is 10.6 Å². The summed E-state index contributed by atoms with van der Waals surface area (Å²) in [6, 6.07) is 0. The number of aliphatic carboxylic acids is 2. The van der Waals surface area contributed by atoms with Gasteiger partial charge in [0.15, 0.2) is 0 Å². The summed E-state index contributed by atoms with van der Waals surface area (Å²) in [5, 5.41) is 20.4. The van der Waals surface area contributed by atoms with Crippen LogP contribution in [0.15, 0.2) is 75.9 Å². The van der Waals surface area contributed by atoms with Crippen molar-refractivity contribution < 1.29 is 25.1 Å². The standard InChI is InChI=1S/2C6H11N.2C3H4O2/c2*1-3-5-7-6-4-2;2*1-2-3(4)5/h2*3-4,7H,1-2,5-6H2;2*2H,1H2,(H,4,5)/p+1. The number of nitrogens with two attached hydrogens (primary N) is 1. The molecule has 0 spiro atoms. The van der Waals surface area contributed by atoms with Crippen molar-refractivity contribution in [3.8, 4) is 0 Å². The van der Waals surface area contributed by atoms with Crippen LogP contribution in [0.1, 0.15) is 0 Å². The third-order valence-electron chi connectivity index (χ3n) is 1.59. The Morgan fingerprint density at radius 1 is 0.750 bits per heavy atom. The van der Waals surface area contributed by atoms with Crippen LogP contribution in [-0.4, -0.2) is 48.3 Å². The largest absolute Gasteiger partial charge is 0.478 e. The Hall–Kier alpha value is -2.70. The molecule has 0 amide bonds. The smallest absolute Gasteiger partial charge is 0.327 e. The maximum Gasteiger partial charge on any atom is 0.327 e. The maximum atomic E-state index is 9.25. The van der Waals surface area contributed by atoms with E-state index in [0.29, 0.717) is 0 Å². The van der Waals surface area contributed by atoms with Crippen molar-refractivity contribution in [2.24, 2.45) is 0 Å². The van der Waals surface area contributed by atoms with Crippen LogP contribution in [0.4, 0.5) is 0 Å². The summed E-state index contributed by atoms with van der Waals surface area (Å²) in [6.45, 7) is 23.8. The Labute approximate surface area is 145 Å². The number of nitrogens with one attached hydrogen (secondary N) is 1. The first kappa shape index (κ1) is 29.3. The summed E-state index contributed by atoms with van der Waals surface area (Å²) in [6.07, 6.45) is 9.07. The predicted molar refractivity (Wildman–Crippen MR) is 101 cm³/mol. The fourth-order valence-electron chi connectivity index (χ4n) is 0.619. The molecule has 24 heavy (non-hydrogen) atoms. The second-order valence-corrected chi connectivity index (χ2v) is 3.66. The average molecular weight is 339 g/mol. The van der Waals surface area contributed by atoms with E-state index in [0.717, 1.165) is 38.3 Å². The molecule has 0 aliphatic carbocycles. The highest BCUT2D eigenvalue weighted by molar-refractivity contribution is 5.79. The first-order chi connectivity index (χ1) is 11.4. The SMILES string of the molecule is C=CC(=O)O.C=CC(=O)O.C=CCNCC=C.C=CC[NH2+]CC=C. The van der Waals surface area contributed by atoms with Crippen LogP contribution in [0.2, 0.25) is 0 Å². The van der Waals surface area contributed by atoms with Gasteiger partial charge in [0.05, 0.1) is 13.1 Å². The lowest BCUT2D eigenvalue weighted by atomic mass is 10.5. The molecule has 6 nitrogen and oxygen atoms in total. The molecule has 0 bridgehead atoms. The molecule has 0 heterocycles. The lowest BCUT2D eigenvalue weighted by molar-refractivity contribution is -0.636. The highest BCUT2D eigenvalue weighted by Crippen LogP contribution is 1.59. The van der Waals surface area contributed by atoms with Crippen LogP contribution in [0.3, 0.4) is 0 Å². The predicted octanol–water partition coefficient (Wildman–Crippen LogP) is 1.38. The average Bonchev–Trinajstić information content (AvgIpc) is 2.57. The van der Waals surface area contributed by atoms with Gasteiger partial charge in [0.25, 0.3) is 0 Å². The lowest BCUT2D eigenvalue weighted by Gasteiger charge is -1.90. The van der Waals surface area contributed by atoms with Gasteiger partial charge in [-0.15, -0.1) is 13.2 Å². The van der Waals surface area contributed by atoms with Crippen LogP contribution in [0, 0.1) is 0 Å². The molecule has 0 aromatic carbocycles. The summed E-state index contributed by atoms with van der Waals surface area (Å²) in [5.41, 5.74) is 0. The molecule has 0 aliphatic rings. The van der Waals surface area contributed by atoms with Crippen molar-refractivity contribution in [1.82, 2.24) is 5.32 Å². The molecule has 0 saturated carbocycles. The first-order valence-corrected chi connectivity index (χ1v) is 7.04. The van der Waals surface area contributed by atoms with E-state index in [2.05, 4.69) is 50.1 Å². The van der Waals surface area contributed by atoms with E-state index in [1.807, 2.05) is 24.3 Å². The fourth-order valence-corrected chi connectivity index (χ4v) is 0.619. The highest BCUT2D eigenvalue weighted by Gasteiger charge is 1.74. The van der Waals surface area contributed by atoms with E-state index in [-0.39, 0.29) is 0 Å². The van der Waals surface area contributed by atoms with Crippen molar-refractivity contribution in [2.75, 3.05) is 26.2 Å². The zero-order chi connectivity index (χ0) is 19.6. The number of carboxylic acid groups (broad SMARTS) is 2. The zero-order valence-electron chi connectivity index (χ0n) is 14.3. The molecule has 0 aromatic rings. The third-order valence-corrected chi connectivity index (χ3v) is 1.59. The van der Waals surface area contributed by atoms with Crippen molar-refractivity contribution >= 4 is 11.9 Å². The van der Waals surface area contributed by atoms with Crippen molar-refractivity contribution in [2.45, 2.75) is 0 Å². The Morgan fingerprint density at radius 3 is 1.21 bits per heavy atom. The van der Waals surface area contributed by atoms with Crippen LogP contribution in [-0.2, 0) is 9.59 Å². The first-order valence-electron chi connectivity index (χ1n) is 7.04. The normalized spacial score (nSPS) is 7.33. The van der Waals surface area contributed by atoms with Gasteiger partial charge in [0.1, 0.15) is 0 Å². The molecule has 136 valence electrons. The Morgan fingerprint density at radius 2 is 1.04 bits per heavy atom. The lowest BCUT2D eigenvalue weighted by Crippen LogP contribution is -2.83. The number of rotatable bonds is 10. The molecule has 0 aromatic heterocycles. The van der Waals surface area contributed by atoms with E-state index in [1.54, 1.807) is 0 Å². The van der Waals surface area contributed by atoms with Gasteiger partial charge in [-0.3, -0.25) is 0 Å². The van der Waals surface area contributed by atoms with Gasteiger partial charge in [-0.25, -0.2) is 9.59 Å². The van der Waals surface area contributed by atoms with E-state index in [9.17, 15) is 9.59 Å². The minimum Gasteiger partial charge on any atom is -0.478 e. The molecule has 0 fully saturated rings. The summed E-state index contributed by atoms with van der Waals surface area (Å²) in [4.78, 5) is 18.5. The number of hydrogen-bond acceptors (Lipinski definition) is 3. The maximum absolute atomic E-state index is 9.25. The van der Waals surface area contributed by atoms with Crippen LogP contribution in [0.25, 0.3) is 0 Å². The molecule has 0 radical (unpaired) electrons. The van der Waals surface area contributed by atoms with E-state index >= 15 is 0 Å². The van der Waals surface area contributed by atoms with Gasteiger partial charge in [0.2, 0.25) is 0 Å². The molecular weight excluding hydrogens is 308 g/mol. The van der Waals surface area contributed by atoms with Gasteiger partial charge in [-0.2, -0.15) is 0 Å². The van der Waals surface area contributed by atoms with Crippen molar-refractivity contribution in [1.29, 1.82) is 0 Å². The minimum atomic E-state index is -0.981. The fraction of sp³-hybridized carbons (Fsp3) is 0.222. The monoisotopic (exact) mass is 339 g/mol. The summed E-state index contributed by atoms with van der Waals surface area (Å²) in [7, 11) is 0. The molecular formula is C18H31N2O4+. The van der Waals surface area contributed by atoms with Gasteiger partial charge in [0, 0.05) is 25.2 Å². The van der Waals surface area contributed by atoms with Crippen molar-refractivity contribution in [3.63, 3.8) is 0 Å². The quantitative estimate of drug-likeness (QED) is 0.274. The molecule has 0 saturated heterocycles. The van der Waals surface area contributed by atoms with Crippen LogP contribution in [0.5, 0.6) is 0 Å². The van der Waals surface area contributed by atoms with E-state index in [4.69, 9.17) is 10.2 Å². The summed E-state index contributed by atoms with van der Waals surface area (Å²) < 4.78 is 0. The number of carboxylic acids is 2. The Balaban J connectivity index is -0.000000113. The number of hydrogen-bond donors (Lipinski definition) is 4.